The fourth-order valence-corrected chi connectivity index (χ4v) is 1.99. The molecule has 2 rings (SSSR count). The van der Waals surface area contributed by atoms with Crippen LogP contribution in [-0.4, -0.2) is 4.98 Å². The molecular formula is C14H13F4N3. The van der Waals surface area contributed by atoms with Gasteiger partial charge in [-0.05, 0) is 30.2 Å². The average Bonchev–Trinajstić information content (AvgIpc) is 2.45. The number of rotatable bonds is 4. The van der Waals surface area contributed by atoms with E-state index in [9.17, 15) is 17.6 Å². The lowest BCUT2D eigenvalue weighted by Gasteiger charge is -2.17. The number of alkyl halides is 3. The average molecular weight is 299 g/mol. The number of hydrogen-bond donors (Lipinski definition) is 2. The van der Waals surface area contributed by atoms with Crippen LogP contribution in [0.15, 0.2) is 42.7 Å². The highest BCUT2D eigenvalue weighted by Gasteiger charge is 2.30. The second-order valence-corrected chi connectivity index (χ2v) is 4.52. The van der Waals surface area contributed by atoms with Gasteiger partial charge in [0.25, 0.3) is 0 Å². The highest BCUT2D eigenvalue weighted by atomic mass is 19.4. The van der Waals surface area contributed by atoms with Crippen molar-refractivity contribution in [2.75, 3.05) is 0 Å². The normalized spacial score (nSPS) is 13.2. The number of nitrogens with zero attached hydrogens (tertiary/aromatic N) is 1. The minimum Gasteiger partial charge on any atom is -0.271 e. The molecule has 0 fully saturated rings. The first-order chi connectivity index (χ1) is 9.91. The van der Waals surface area contributed by atoms with Crippen molar-refractivity contribution < 1.29 is 17.6 Å². The molecule has 3 N–H and O–H groups in total. The van der Waals surface area contributed by atoms with Gasteiger partial charge in [0.05, 0.1) is 17.8 Å². The standard InChI is InChI=1S/C14H13F4N3/c15-12-8-20-6-5-11(12)13(21-19)7-9-1-3-10(4-2-9)14(16,17)18/h1-6,8,13,21H,7,19H2. The Morgan fingerprint density at radius 1 is 1.14 bits per heavy atom. The van der Waals surface area contributed by atoms with Crippen molar-refractivity contribution in [1.82, 2.24) is 10.4 Å². The van der Waals surface area contributed by atoms with Gasteiger partial charge in [-0.1, -0.05) is 12.1 Å². The van der Waals surface area contributed by atoms with Gasteiger partial charge in [-0.2, -0.15) is 13.2 Å². The van der Waals surface area contributed by atoms with Gasteiger partial charge in [-0.15, -0.1) is 0 Å². The summed E-state index contributed by atoms with van der Waals surface area (Å²) < 4.78 is 51.1. The van der Waals surface area contributed by atoms with Gasteiger partial charge in [0.15, 0.2) is 0 Å². The van der Waals surface area contributed by atoms with Crippen LogP contribution in [0.1, 0.15) is 22.7 Å². The molecule has 0 aliphatic rings. The first-order valence-corrected chi connectivity index (χ1v) is 6.13. The van der Waals surface area contributed by atoms with Crippen molar-refractivity contribution in [3.63, 3.8) is 0 Å². The monoisotopic (exact) mass is 299 g/mol. The molecule has 112 valence electrons. The van der Waals surface area contributed by atoms with Gasteiger partial charge in [-0.3, -0.25) is 16.3 Å². The van der Waals surface area contributed by atoms with Gasteiger partial charge in [-0.25, -0.2) is 4.39 Å². The Kier molecular flexibility index (Phi) is 4.54. The third-order valence-electron chi connectivity index (χ3n) is 3.10. The van der Waals surface area contributed by atoms with Crippen molar-refractivity contribution in [1.29, 1.82) is 0 Å². The minimum atomic E-state index is -4.37. The molecular weight excluding hydrogens is 286 g/mol. The number of pyridine rings is 1. The quantitative estimate of drug-likeness (QED) is 0.518. The number of nitrogens with two attached hydrogens (primary N) is 1. The highest BCUT2D eigenvalue weighted by Crippen LogP contribution is 2.29. The van der Waals surface area contributed by atoms with Crippen molar-refractivity contribution >= 4 is 0 Å². The van der Waals surface area contributed by atoms with Crippen LogP contribution < -0.4 is 11.3 Å². The van der Waals surface area contributed by atoms with E-state index in [4.69, 9.17) is 5.84 Å². The van der Waals surface area contributed by atoms with E-state index < -0.39 is 23.6 Å². The Hall–Kier alpha value is -1.99. The molecule has 0 aliphatic carbocycles. The summed E-state index contributed by atoms with van der Waals surface area (Å²) in [7, 11) is 0. The van der Waals surface area contributed by atoms with Crippen LogP contribution >= 0.6 is 0 Å². The maximum Gasteiger partial charge on any atom is 0.416 e. The molecule has 0 saturated carbocycles. The van der Waals surface area contributed by atoms with Crippen molar-refractivity contribution in [3.8, 4) is 0 Å². The summed E-state index contributed by atoms with van der Waals surface area (Å²) in [5, 5.41) is 0. The molecule has 1 aromatic heterocycles. The number of aromatic nitrogens is 1. The van der Waals surface area contributed by atoms with Crippen LogP contribution in [0.25, 0.3) is 0 Å². The van der Waals surface area contributed by atoms with E-state index in [1.807, 2.05) is 0 Å². The maximum atomic E-state index is 13.6. The van der Waals surface area contributed by atoms with E-state index in [1.54, 1.807) is 0 Å². The van der Waals surface area contributed by atoms with Gasteiger partial charge >= 0.3 is 6.18 Å². The SMILES string of the molecule is NNC(Cc1ccc(C(F)(F)F)cc1)c1ccncc1F. The Bertz CT molecular complexity index is 596. The smallest absolute Gasteiger partial charge is 0.271 e. The van der Waals surface area contributed by atoms with Gasteiger partial charge < -0.3 is 0 Å². The lowest BCUT2D eigenvalue weighted by atomic mass is 9.99. The fourth-order valence-electron chi connectivity index (χ4n) is 1.99. The zero-order valence-electron chi connectivity index (χ0n) is 10.9. The van der Waals surface area contributed by atoms with Crippen molar-refractivity contribution in [3.05, 3.63) is 65.2 Å². The lowest BCUT2D eigenvalue weighted by Crippen LogP contribution is -2.30. The molecule has 0 amide bonds. The van der Waals surface area contributed by atoms with Crippen molar-refractivity contribution in [2.24, 2.45) is 5.84 Å². The predicted molar refractivity (Wildman–Crippen MR) is 69.4 cm³/mol. The van der Waals surface area contributed by atoms with Gasteiger partial charge in [0.2, 0.25) is 0 Å². The Labute approximate surface area is 118 Å². The fraction of sp³-hybridized carbons (Fsp3) is 0.214. The maximum absolute atomic E-state index is 13.6. The molecule has 3 nitrogen and oxygen atoms in total. The predicted octanol–water partition coefficient (Wildman–Crippen LogP) is 2.99. The number of halogens is 4. The number of benzene rings is 1. The first-order valence-electron chi connectivity index (χ1n) is 6.13. The summed E-state index contributed by atoms with van der Waals surface area (Å²) in [6.07, 6.45) is -1.63. The molecule has 7 heteroatoms. The largest absolute Gasteiger partial charge is 0.416 e. The number of hydrogen-bond acceptors (Lipinski definition) is 3. The third-order valence-corrected chi connectivity index (χ3v) is 3.10. The first kappa shape index (κ1) is 15.4. The van der Waals surface area contributed by atoms with Crippen LogP contribution in [0.5, 0.6) is 0 Å². The van der Waals surface area contributed by atoms with E-state index in [0.717, 1.165) is 18.3 Å². The zero-order valence-corrected chi connectivity index (χ0v) is 10.9. The summed E-state index contributed by atoms with van der Waals surface area (Å²) in [4.78, 5) is 3.64. The molecule has 0 saturated heterocycles. The third kappa shape index (κ3) is 3.77. The highest BCUT2D eigenvalue weighted by molar-refractivity contribution is 5.27. The van der Waals surface area contributed by atoms with E-state index in [1.165, 1.54) is 24.4 Å². The van der Waals surface area contributed by atoms with E-state index >= 15 is 0 Å². The molecule has 0 aliphatic heterocycles. The summed E-state index contributed by atoms with van der Waals surface area (Å²) >= 11 is 0. The Morgan fingerprint density at radius 3 is 2.33 bits per heavy atom. The molecule has 0 bridgehead atoms. The Balaban J connectivity index is 2.18. The molecule has 21 heavy (non-hydrogen) atoms. The van der Waals surface area contributed by atoms with Gasteiger partial charge in [0.1, 0.15) is 5.82 Å². The second-order valence-electron chi connectivity index (χ2n) is 4.52. The van der Waals surface area contributed by atoms with Gasteiger partial charge in [0, 0.05) is 11.8 Å². The van der Waals surface area contributed by atoms with Crippen LogP contribution in [0, 0.1) is 5.82 Å². The summed E-state index contributed by atoms with van der Waals surface area (Å²) in [5.74, 6) is 4.88. The van der Waals surface area contributed by atoms with Crippen LogP contribution in [0.2, 0.25) is 0 Å². The van der Waals surface area contributed by atoms with E-state index in [2.05, 4.69) is 10.4 Å². The minimum absolute atomic E-state index is 0.259. The molecule has 1 aromatic carbocycles. The van der Waals surface area contributed by atoms with Crippen LogP contribution in [0.3, 0.4) is 0 Å². The molecule has 0 radical (unpaired) electrons. The summed E-state index contributed by atoms with van der Waals surface area (Å²) in [6, 6.07) is 5.62. The topological polar surface area (TPSA) is 50.9 Å². The van der Waals surface area contributed by atoms with Crippen molar-refractivity contribution in [2.45, 2.75) is 18.6 Å². The summed E-state index contributed by atoms with van der Waals surface area (Å²) in [5.41, 5.74) is 2.66. The summed E-state index contributed by atoms with van der Waals surface area (Å²) in [6.45, 7) is 0. The second kappa shape index (κ2) is 6.19. The molecule has 1 heterocycles. The van der Waals surface area contributed by atoms with E-state index in [-0.39, 0.29) is 6.42 Å². The molecule has 1 atom stereocenters. The zero-order chi connectivity index (χ0) is 15.5. The molecule has 1 unspecified atom stereocenters. The van der Waals surface area contributed by atoms with Crippen LogP contribution in [-0.2, 0) is 12.6 Å². The van der Waals surface area contributed by atoms with Crippen LogP contribution in [0.4, 0.5) is 17.6 Å². The number of hydrazine groups is 1. The molecule has 2 aromatic rings. The molecule has 0 spiro atoms. The number of nitrogens with one attached hydrogen (secondary N) is 1. The lowest BCUT2D eigenvalue weighted by molar-refractivity contribution is -0.137. The Morgan fingerprint density at radius 2 is 1.81 bits per heavy atom. The van der Waals surface area contributed by atoms with E-state index in [0.29, 0.717) is 11.1 Å².